The van der Waals surface area contributed by atoms with Gasteiger partial charge in [0.2, 0.25) is 0 Å². The van der Waals surface area contributed by atoms with Crippen molar-refractivity contribution in [1.29, 1.82) is 0 Å². The van der Waals surface area contributed by atoms with E-state index in [9.17, 15) is 4.79 Å². The van der Waals surface area contributed by atoms with Crippen molar-refractivity contribution in [1.82, 2.24) is 0 Å². The van der Waals surface area contributed by atoms with E-state index >= 15 is 0 Å². The van der Waals surface area contributed by atoms with Crippen molar-refractivity contribution < 1.29 is 9.90 Å². The van der Waals surface area contributed by atoms with E-state index in [0.29, 0.717) is 0 Å². The highest BCUT2D eigenvalue weighted by Gasteiger charge is 2.22. The highest BCUT2D eigenvalue weighted by atomic mass is 79.9. The van der Waals surface area contributed by atoms with E-state index in [-0.39, 0.29) is 10.7 Å². The number of carbonyl (C=O) groups is 1. The van der Waals surface area contributed by atoms with Crippen LogP contribution in [-0.4, -0.2) is 15.4 Å². The second kappa shape index (κ2) is 4.75. The summed E-state index contributed by atoms with van der Waals surface area (Å²) in [5.74, 6) is -0.712. The van der Waals surface area contributed by atoms with E-state index in [4.69, 9.17) is 5.11 Å². The molecule has 0 aliphatic heterocycles. The molecule has 0 amide bonds. The maximum absolute atomic E-state index is 10.3. The van der Waals surface area contributed by atoms with Crippen molar-refractivity contribution in [3.63, 3.8) is 0 Å². The van der Waals surface area contributed by atoms with Gasteiger partial charge in [-0.3, -0.25) is 4.79 Å². The molecule has 11 heavy (non-hydrogen) atoms. The molecule has 0 spiro atoms. The molecule has 0 heterocycles. The second-order valence-corrected chi connectivity index (χ2v) is 4.43. The van der Waals surface area contributed by atoms with Crippen molar-refractivity contribution >= 4 is 21.9 Å². The van der Waals surface area contributed by atoms with Crippen molar-refractivity contribution in [2.24, 2.45) is 0 Å². The molecule has 0 radical (unpaired) electrons. The normalized spacial score (nSPS) is 11.5. The third kappa shape index (κ3) is 4.40. The Hall–Kier alpha value is -0.0500. The summed E-state index contributed by atoms with van der Waals surface area (Å²) in [7, 11) is 0. The molecule has 0 aromatic carbocycles. The predicted octanol–water partition coefficient (Wildman–Crippen LogP) is 2.80. The summed E-state index contributed by atoms with van der Waals surface area (Å²) in [6.07, 6.45) is 2.94. The van der Waals surface area contributed by atoms with E-state index in [2.05, 4.69) is 29.8 Å². The van der Waals surface area contributed by atoms with Crippen LogP contribution in [0.2, 0.25) is 0 Å². The largest absolute Gasteiger partial charge is 0.481 e. The van der Waals surface area contributed by atoms with E-state index < -0.39 is 5.97 Å². The minimum Gasteiger partial charge on any atom is -0.481 e. The van der Waals surface area contributed by atoms with E-state index in [0.717, 1.165) is 19.3 Å². The van der Waals surface area contributed by atoms with Gasteiger partial charge in [0.1, 0.15) is 0 Å². The van der Waals surface area contributed by atoms with Crippen molar-refractivity contribution in [2.45, 2.75) is 43.9 Å². The standard InChI is InChI=1S/C8H15BrO2/c1-3-8(9,4-2)6-5-7(10)11/h3-6H2,1-2H3,(H,10,11). The van der Waals surface area contributed by atoms with Crippen LogP contribution in [0.25, 0.3) is 0 Å². The van der Waals surface area contributed by atoms with E-state index in [1.54, 1.807) is 0 Å². The van der Waals surface area contributed by atoms with Gasteiger partial charge in [0, 0.05) is 10.7 Å². The number of hydrogen-bond acceptors (Lipinski definition) is 1. The molecule has 0 aliphatic rings. The van der Waals surface area contributed by atoms with Gasteiger partial charge in [0.25, 0.3) is 0 Å². The lowest BCUT2D eigenvalue weighted by atomic mass is 9.97. The van der Waals surface area contributed by atoms with Crippen molar-refractivity contribution in [3.05, 3.63) is 0 Å². The fourth-order valence-electron chi connectivity index (χ4n) is 0.935. The molecule has 66 valence electrons. The molecule has 0 saturated heterocycles. The molecule has 0 bridgehead atoms. The van der Waals surface area contributed by atoms with Crippen LogP contribution < -0.4 is 0 Å². The van der Waals surface area contributed by atoms with Crippen LogP contribution in [0.3, 0.4) is 0 Å². The second-order valence-electron chi connectivity index (χ2n) is 2.75. The first-order valence-corrected chi connectivity index (χ1v) is 4.74. The van der Waals surface area contributed by atoms with Crippen molar-refractivity contribution in [3.8, 4) is 0 Å². The Morgan fingerprint density at radius 3 is 2.18 bits per heavy atom. The molecule has 0 unspecified atom stereocenters. The maximum atomic E-state index is 10.3. The van der Waals surface area contributed by atoms with E-state index in [1.165, 1.54) is 0 Å². The number of hydrogen-bond donors (Lipinski definition) is 1. The average Bonchev–Trinajstić information content (AvgIpc) is 2.00. The van der Waals surface area contributed by atoms with Crippen LogP contribution in [0.4, 0.5) is 0 Å². The summed E-state index contributed by atoms with van der Waals surface area (Å²) in [6, 6.07) is 0. The third-order valence-electron chi connectivity index (χ3n) is 2.05. The first-order chi connectivity index (χ1) is 5.04. The number of rotatable bonds is 5. The molecule has 0 saturated carbocycles. The maximum Gasteiger partial charge on any atom is 0.303 e. The molecule has 2 nitrogen and oxygen atoms in total. The average molecular weight is 223 g/mol. The van der Waals surface area contributed by atoms with Crippen LogP contribution in [0, 0.1) is 0 Å². The zero-order chi connectivity index (χ0) is 8.91. The van der Waals surface area contributed by atoms with Crippen LogP contribution in [-0.2, 0) is 4.79 Å². The first kappa shape index (κ1) is 11.0. The zero-order valence-corrected chi connectivity index (χ0v) is 8.65. The lowest BCUT2D eigenvalue weighted by Gasteiger charge is -2.22. The molecular weight excluding hydrogens is 208 g/mol. The number of carboxylic acid groups (broad SMARTS) is 1. The van der Waals surface area contributed by atoms with Gasteiger partial charge in [-0.2, -0.15) is 0 Å². The van der Waals surface area contributed by atoms with Crippen LogP contribution in [0.1, 0.15) is 39.5 Å². The number of halogens is 1. The summed E-state index contributed by atoms with van der Waals surface area (Å²) >= 11 is 3.55. The molecule has 3 heteroatoms. The Kier molecular flexibility index (Phi) is 4.73. The summed E-state index contributed by atoms with van der Waals surface area (Å²) in [4.78, 5) is 10.3. The fraction of sp³-hybridized carbons (Fsp3) is 0.875. The molecule has 0 fully saturated rings. The van der Waals surface area contributed by atoms with Gasteiger partial charge in [-0.15, -0.1) is 0 Å². The molecule has 1 N–H and O–H groups in total. The smallest absolute Gasteiger partial charge is 0.303 e. The van der Waals surface area contributed by atoms with Gasteiger partial charge in [-0.1, -0.05) is 29.8 Å². The van der Waals surface area contributed by atoms with Gasteiger partial charge >= 0.3 is 5.97 Å². The van der Waals surface area contributed by atoms with Gasteiger partial charge in [-0.05, 0) is 19.3 Å². The summed E-state index contributed by atoms with van der Waals surface area (Å²) in [5.41, 5.74) is 0. The molecule has 0 aromatic rings. The zero-order valence-electron chi connectivity index (χ0n) is 7.06. The van der Waals surface area contributed by atoms with E-state index in [1.807, 2.05) is 0 Å². The Morgan fingerprint density at radius 1 is 1.45 bits per heavy atom. The minimum absolute atomic E-state index is 0.0470. The lowest BCUT2D eigenvalue weighted by molar-refractivity contribution is -0.137. The fourth-order valence-corrected chi connectivity index (χ4v) is 1.13. The Bertz CT molecular complexity index is 130. The summed E-state index contributed by atoms with van der Waals surface area (Å²) in [5, 5.41) is 8.45. The monoisotopic (exact) mass is 222 g/mol. The van der Waals surface area contributed by atoms with Crippen LogP contribution in [0.15, 0.2) is 0 Å². The van der Waals surface area contributed by atoms with Crippen LogP contribution >= 0.6 is 15.9 Å². The quantitative estimate of drug-likeness (QED) is 0.727. The highest BCUT2D eigenvalue weighted by molar-refractivity contribution is 9.10. The Morgan fingerprint density at radius 2 is 1.91 bits per heavy atom. The molecular formula is C8H15BrO2. The molecule has 0 aliphatic carbocycles. The van der Waals surface area contributed by atoms with Gasteiger partial charge < -0.3 is 5.11 Å². The van der Waals surface area contributed by atoms with Gasteiger partial charge in [0.05, 0.1) is 0 Å². The van der Waals surface area contributed by atoms with Crippen molar-refractivity contribution in [2.75, 3.05) is 0 Å². The predicted molar refractivity (Wildman–Crippen MR) is 49.1 cm³/mol. The first-order valence-electron chi connectivity index (χ1n) is 3.95. The minimum atomic E-state index is -0.712. The third-order valence-corrected chi connectivity index (χ3v) is 3.57. The Balaban J connectivity index is 3.78. The number of carboxylic acids is 1. The molecule has 0 atom stereocenters. The number of alkyl halides is 1. The molecule has 0 rings (SSSR count). The van der Waals surface area contributed by atoms with Gasteiger partial charge in [0.15, 0.2) is 0 Å². The van der Waals surface area contributed by atoms with Crippen LogP contribution in [0.5, 0.6) is 0 Å². The topological polar surface area (TPSA) is 37.3 Å². The number of aliphatic carboxylic acids is 1. The summed E-state index contributed by atoms with van der Waals surface area (Å²) in [6.45, 7) is 4.14. The van der Waals surface area contributed by atoms with Gasteiger partial charge in [-0.25, -0.2) is 0 Å². The molecule has 0 aromatic heterocycles. The SMILES string of the molecule is CCC(Br)(CC)CCC(=O)O. The summed E-state index contributed by atoms with van der Waals surface area (Å²) < 4.78 is 0.0470. The highest BCUT2D eigenvalue weighted by Crippen LogP contribution is 2.31. The lowest BCUT2D eigenvalue weighted by Crippen LogP contribution is -2.19. The Labute approximate surface area is 76.1 Å².